The van der Waals surface area contributed by atoms with Crippen LogP contribution < -0.4 is 39.0 Å². The third-order valence-electron chi connectivity index (χ3n) is 8.12. The first-order valence-electron chi connectivity index (χ1n) is 18.1. The molecule has 21 nitrogen and oxygen atoms in total. The van der Waals surface area contributed by atoms with Crippen LogP contribution >= 0.6 is 7.60 Å². The molecule has 53 heavy (non-hydrogen) atoms. The summed E-state index contributed by atoms with van der Waals surface area (Å²) in [4.78, 5) is 77.0. The number of carbonyl (C=O) groups excluding carboxylic acids is 4. The average Bonchev–Trinajstić information content (AvgIpc) is 3.13. The Hall–Kier alpha value is -2.37. The Morgan fingerprint density at radius 3 is 1.66 bits per heavy atom. The summed E-state index contributed by atoms with van der Waals surface area (Å²) in [6.45, 7) is 3.85. The van der Waals surface area contributed by atoms with Crippen molar-refractivity contribution in [1.29, 1.82) is 0 Å². The number of nitrogens with one attached hydrogen (secondary N) is 4. The summed E-state index contributed by atoms with van der Waals surface area (Å²) < 4.78 is 33.3. The predicted molar refractivity (Wildman–Crippen MR) is 191 cm³/mol. The van der Waals surface area contributed by atoms with Crippen molar-refractivity contribution in [3.63, 3.8) is 0 Å². The molecule has 0 saturated heterocycles. The van der Waals surface area contributed by atoms with E-state index in [-0.39, 0.29) is 123 Å². The number of nitrogens with two attached hydrogens (primary N) is 3. The van der Waals surface area contributed by atoms with E-state index in [0.717, 1.165) is 0 Å². The second kappa shape index (κ2) is 30.9. The van der Waals surface area contributed by atoms with Gasteiger partial charge in [-0.05, 0) is 44.9 Å². The van der Waals surface area contributed by atoms with Gasteiger partial charge in [0.2, 0.25) is 23.6 Å². The van der Waals surface area contributed by atoms with Crippen LogP contribution in [0.15, 0.2) is 0 Å². The van der Waals surface area contributed by atoms with Crippen LogP contribution in [0.4, 0.5) is 0 Å². The molecule has 0 aliphatic heterocycles. The van der Waals surface area contributed by atoms with Gasteiger partial charge in [0.15, 0.2) is 0 Å². The Morgan fingerprint density at radius 1 is 0.698 bits per heavy atom. The third-order valence-corrected chi connectivity index (χ3v) is 9.54. The maximum atomic E-state index is 13.6. The van der Waals surface area contributed by atoms with Gasteiger partial charge in [-0.1, -0.05) is 6.92 Å². The molecule has 0 spiro atoms. The van der Waals surface area contributed by atoms with Gasteiger partial charge in [-0.2, -0.15) is 0 Å². The standard InChI is InChI=1S/C31H63N8O13P/c1-2-53(44,45)52-26-8-6-25(7-9-26)30(42)37-10-4-3-5-27(31(43)38-13-16-48-19-22-51-34)39(23-28(40)35-11-14-46-17-20-49-32)24-29(41)36-12-15-47-18-21-50-33/h25-27H,2-24,32-34H2,1H3,(H,35,40)(H,36,41)(H,37,42)(H,38,43)(H,44,45). The zero-order valence-electron chi connectivity index (χ0n) is 31.0. The number of carbonyl (C=O) groups is 4. The summed E-state index contributed by atoms with van der Waals surface area (Å²) in [5.74, 6) is 13.4. The van der Waals surface area contributed by atoms with Gasteiger partial charge in [0.05, 0.1) is 84.7 Å². The Bertz CT molecular complexity index is 1030. The number of hydrogen-bond donors (Lipinski definition) is 8. The summed E-state index contributed by atoms with van der Waals surface area (Å²) >= 11 is 0. The molecule has 2 atom stereocenters. The van der Waals surface area contributed by atoms with E-state index in [9.17, 15) is 28.6 Å². The monoisotopic (exact) mass is 786 g/mol. The van der Waals surface area contributed by atoms with Crippen LogP contribution in [-0.2, 0) is 57.0 Å². The second-order valence-electron chi connectivity index (χ2n) is 12.2. The van der Waals surface area contributed by atoms with Crippen molar-refractivity contribution in [2.45, 2.75) is 64.0 Å². The van der Waals surface area contributed by atoms with Gasteiger partial charge in [0, 0.05) is 38.3 Å². The van der Waals surface area contributed by atoms with Crippen LogP contribution in [-0.4, -0.2) is 150 Å². The lowest BCUT2D eigenvalue weighted by molar-refractivity contribution is -0.132. The van der Waals surface area contributed by atoms with E-state index in [2.05, 4.69) is 35.8 Å². The van der Waals surface area contributed by atoms with Crippen molar-refractivity contribution in [2.75, 3.05) is 105 Å². The van der Waals surface area contributed by atoms with Crippen molar-refractivity contribution in [2.24, 2.45) is 23.6 Å². The number of ether oxygens (including phenoxy) is 3. The lowest BCUT2D eigenvalue weighted by Gasteiger charge is -2.30. The van der Waals surface area contributed by atoms with E-state index in [1.165, 1.54) is 4.90 Å². The molecular weight excluding hydrogens is 723 g/mol. The largest absolute Gasteiger partial charge is 0.377 e. The number of rotatable bonds is 33. The molecule has 0 aromatic carbocycles. The van der Waals surface area contributed by atoms with Crippen LogP contribution in [0.2, 0.25) is 0 Å². The number of hydrogen-bond acceptors (Lipinski definition) is 16. The van der Waals surface area contributed by atoms with E-state index in [4.69, 9.17) is 36.4 Å². The summed E-state index contributed by atoms with van der Waals surface area (Å²) in [5.41, 5.74) is 0. The Balaban J connectivity index is 2.85. The highest BCUT2D eigenvalue weighted by molar-refractivity contribution is 7.52. The molecule has 0 radical (unpaired) electrons. The molecule has 0 aromatic heterocycles. The van der Waals surface area contributed by atoms with Crippen molar-refractivity contribution < 1.29 is 61.9 Å². The normalized spacial score (nSPS) is 17.5. The fourth-order valence-electron chi connectivity index (χ4n) is 5.31. The van der Waals surface area contributed by atoms with Crippen molar-refractivity contribution in [3.05, 3.63) is 0 Å². The zero-order chi connectivity index (χ0) is 39.2. The molecule has 0 aromatic rings. The van der Waals surface area contributed by atoms with Gasteiger partial charge in [0.25, 0.3) is 0 Å². The van der Waals surface area contributed by atoms with E-state index in [1.54, 1.807) is 6.92 Å². The van der Waals surface area contributed by atoms with E-state index >= 15 is 0 Å². The van der Waals surface area contributed by atoms with Gasteiger partial charge in [-0.3, -0.25) is 28.6 Å². The molecule has 22 heteroatoms. The highest BCUT2D eigenvalue weighted by Crippen LogP contribution is 2.45. The van der Waals surface area contributed by atoms with Gasteiger partial charge >= 0.3 is 7.60 Å². The molecule has 11 N–H and O–H groups in total. The Labute approximate surface area is 311 Å². The summed E-state index contributed by atoms with van der Waals surface area (Å²) in [5, 5.41) is 11.2. The highest BCUT2D eigenvalue weighted by Gasteiger charge is 2.31. The minimum Gasteiger partial charge on any atom is -0.377 e. The fourth-order valence-corrected chi connectivity index (χ4v) is 6.14. The second-order valence-corrected chi connectivity index (χ2v) is 14.3. The Kier molecular flexibility index (Phi) is 28.4. The number of amides is 4. The minimum atomic E-state index is -3.60. The highest BCUT2D eigenvalue weighted by atomic mass is 31.2. The SMILES string of the molecule is CCP(=O)(O)OC1CCC(C(=O)NCCCCC(C(=O)NCCOCCON)N(CC(=O)NCCOCCON)CC(=O)NCCOCCON)CC1. The van der Waals surface area contributed by atoms with Crippen molar-refractivity contribution in [3.8, 4) is 0 Å². The average molecular weight is 787 g/mol. The predicted octanol–water partition coefficient (Wildman–Crippen LogP) is -2.21. The van der Waals surface area contributed by atoms with Gasteiger partial charge in [-0.25, -0.2) is 17.7 Å². The molecule has 1 fully saturated rings. The lowest BCUT2D eigenvalue weighted by Crippen LogP contribution is -2.54. The van der Waals surface area contributed by atoms with Gasteiger partial charge in [-0.15, -0.1) is 0 Å². The molecule has 310 valence electrons. The topological polar surface area (TPSA) is 300 Å². The first-order chi connectivity index (χ1) is 25.6. The zero-order valence-corrected chi connectivity index (χ0v) is 31.9. The summed E-state index contributed by atoms with van der Waals surface area (Å²) in [7, 11) is -3.60. The van der Waals surface area contributed by atoms with E-state index in [1.807, 2.05) is 0 Å². The van der Waals surface area contributed by atoms with Crippen LogP contribution in [0.5, 0.6) is 0 Å². The molecule has 4 amide bonds. The first-order valence-corrected chi connectivity index (χ1v) is 19.8. The molecule has 0 bridgehead atoms. The smallest absolute Gasteiger partial charge is 0.328 e. The fraction of sp³-hybridized carbons (Fsp3) is 0.871. The van der Waals surface area contributed by atoms with Crippen molar-refractivity contribution in [1.82, 2.24) is 26.2 Å². The number of nitrogens with zero attached hydrogens (tertiary/aromatic N) is 1. The van der Waals surface area contributed by atoms with Crippen molar-refractivity contribution >= 4 is 31.2 Å². The van der Waals surface area contributed by atoms with Crippen LogP contribution in [0.3, 0.4) is 0 Å². The van der Waals surface area contributed by atoms with Crippen LogP contribution in [0.25, 0.3) is 0 Å². The maximum absolute atomic E-state index is 13.6. The quantitative estimate of drug-likeness (QED) is 0.0199. The third kappa shape index (κ3) is 24.6. The maximum Gasteiger partial charge on any atom is 0.328 e. The molecule has 2 unspecified atom stereocenters. The van der Waals surface area contributed by atoms with Gasteiger partial charge in [0.1, 0.15) is 0 Å². The van der Waals surface area contributed by atoms with E-state index < -0.39 is 31.4 Å². The minimum absolute atomic E-state index is 0.0391. The Morgan fingerprint density at radius 2 is 1.19 bits per heavy atom. The first kappa shape index (κ1) is 48.6. The lowest BCUT2D eigenvalue weighted by atomic mass is 9.87. The molecule has 1 saturated carbocycles. The molecule has 1 rings (SSSR count). The summed E-state index contributed by atoms with van der Waals surface area (Å²) in [6, 6.07) is -0.883. The molecule has 0 heterocycles. The van der Waals surface area contributed by atoms with Gasteiger partial charge < -0.3 is 59.4 Å². The molecular formula is C31H63N8O13P. The van der Waals surface area contributed by atoms with Crippen LogP contribution in [0.1, 0.15) is 51.9 Å². The van der Waals surface area contributed by atoms with Crippen LogP contribution in [0, 0.1) is 5.92 Å². The molecule has 1 aliphatic carbocycles. The van der Waals surface area contributed by atoms with E-state index in [0.29, 0.717) is 45.1 Å². The molecule has 1 aliphatic rings. The number of unbranched alkanes of at least 4 members (excludes halogenated alkanes) is 1. The summed E-state index contributed by atoms with van der Waals surface area (Å²) in [6.07, 6.45) is 3.13.